The number of rotatable bonds is 6. The van der Waals surface area contributed by atoms with Gasteiger partial charge in [0.2, 0.25) is 5.91 Å². The lowest BCUT2D eigenvalue weighted by molar-refractivity contribution is -0.139. The van der Waals surface area contributed by atoms with Gasteiger partial charge in [-0.3, -0.25) is 9.59 Å². The van der Waals surface area contributed by atoms with Gasteiger partial charge in [0.1, 0.15) is 0 Å². The van der Waals surface area contributed by atoms with E-state index in [1.807, 2.05) is 13.0 Å². The summed E-state index contributed by atoms with van der Waals surface area (Å²) in [5.74, 6) is -1.80. The van der Waals surface area contributed by atoms with Crippen molar-refractivity contribution >= 4 is 11.9 Å². The lowest BCUT2D eigenvalue weighted by Gasteiger charge is -2.14. The lowest BCUT2D eigenvalue weighted by Crippen LogP contribution is -2.31. The van der Waals surface area contributed by atoms with E-state index in [0.717, 1.165) is 12.0 Å². The highest BCUT2D eigenvalue weighted by atomic mass is 16.4. The minimum absolute atomic E-state index is 0.181. The maximum atomic E-state index is 11.9. The molecule has 0 bridgehead atoms. The summed E-state index contributed by atoms with van der Waals surface area (Å²) in [7, 11) is 0. The Hall–Kier alpha value is -1.84. The van der Waals surface area contributed by atoms with Gasteiger partial charge >= 0.3 is 5.97 Å². The van der Waals surface area contributed by atoms with Crippen LogP contribution < -0.4 is 5.32 Å². The second-order valence-corrected chi connectivity index (χ2v) is 3.85. The average molecular weight is 235 g/mol. The molecular formula is C13H17NO3. The monoisotopic (exact) mass is 235 g/mol. The van der Waals surface area contributed by atoms with E-state index in [4.69, 9.17) is 5.11 Å². The molecule has 2 N–H and O–H groups in total. The zero-order valence-electron chi connectivity index (χ0n) is 9.85. The molecule has 0 spiro atoms. The normalized spacial score (nSPS) is 11.8. The molecule has 1 aromatic carbocycles. The van der Waals surface area contributed by atoms with Crippen LogP contribution in [0.1, 0.15) is 31.2 Å². The minimum atomic E-state index is -0.967. The summed E-state index contributed by atoms with van der Waals surface area (Å²) in [6.45, 7) is 2.52. The van der Waals surface area contributed by atoms with Gasteiger partial charge in [-0.05, 0) is 12.0 Å². The first-order valence-electron chi connectivity index (χ1n) is 5.69. The summed E-state index contributed by atoms with van der Waals surface area (Å²) in [6.07, 6.45) is 0.653. The number of benzene rings is 1. The van der Waals surface area contributed by atoms with Crippen molar-refractivity contribution < 1.29 is 14.7 Å². The Kier molecular flexibility index (Phi) is 5.20. The van der Waals surface area contributed by atoms with Crippen LogP contribution in [-0.2, 0) is 9.59 Å². The molecule has 0 saturated heterocycles. The van der Waals surface area contributed by atoms with Crippen molar-refractivity contribution in [3.63, 3.8) is 0 Å². The third-order valence-corrected chi connectivity index (χ3v) is 2.45. The number of amides is 1. The molecule has 0 fully saturated rings. The average Bonchev–Trinajstić information content (AvgIpc) is 2.34. The van der Waals surface area contributed by atoms with E-state index in [0.29, 0.717) is 6.54 Å². The summed E-state index contributed by atoms with van der Waals surface area (Å²) in [4.78, 5) is 22.6. The first-order valence-corrected chi connectivity index (χ1v) is 5.69. The maximum Gasteiger partial charge on any atom is 0.304 e. The highest BCUT2D eigenvalue weighted by Gasteiger charge is 2.22. The number of carboxylic acids is 1. The molecule has 4 heteroatoms. The van der Waals surface area contributed by atoms with Crippen LogP contribution in [0, 0.1) is 0 Å². The molecule has 1 amide bonds. The molecule has 0 saturated carbocycles. The molecule has 0 radical (unpaired) electrons. The fraction of sp³-hybridized carbons (Fsp3) is 0.385. The van der Waals surface area contributed by atoms with Crippen molar-refractivity contribution in [2.75, 3.05) is 6.54 Å². The Bertz CT molecular complexity index is 376. The molecule has 1 atom stereocenters. The summed E-state index contributed by atoms with van der Waals surface area (Å²) in [5, 5.41) is 11.6. The molecular weight excluding hydrogens is 218 g/mol. The number of carbonyl (C=O) groups excluding carboxylic acids is 1. The zero-order valence-corrected chi connectivity index (χ0v) is 9.85. The van der Waals surface area contributed by atoms with Gasteiger partial charge in [0.25, 0.3) is 0 Å². The summed E-state index contributed by atoms with van der Waals surface area (Å²) in [6, 6.07) is 9.00. The standard InChI is InChI=1S/C13H17NO3/c1-2-8-14-13(17)11(9-12(15)16)10-6-4-3-5-7-10/h3-7,11H,2,8-9H2,1H3,(H,14,17)(H,15,16)/t11-/m0/s1. The van der Waals surface area contributed by atoms with E-state index in [9.17, 15) is 9.59 Å². The molecule has 92 valence electrons. The van der Waals surface area contributed by atoms with Gasteiger partial charge in [0, 0.05) is 6.54 Å². The first kappa shape index (κ1) is 13.2. The Labute approximate surface area is 101 Å². The molecule has 0 aliphatic heterocycles. The van der Waals surface area contributed by atoms with E-state index in [2.05, 4.69) is 5.32 Å². The van der Waals surface area contributed by atoms with E-state index in [-0.39, 0.29) is 12.3 Å². The predicted octanol–water partition coefficient (Wildman–Crippen LogP) is 1.77. The van der Waals surface area contributed by atoms with E-state index in [1.54, 1.807) is 24.3 Å². The highest BCUT2D eigenvalue weighted by Crippen LogP contribution is 2.19. The minimum Gasteiger partial charge on any atom is -0.481 e. The molecule has 1 aromatic rings. The van der Waals surface area contributed by atoms with E-state index >= 15 is 0 Å². The first-order chi connectivity index (χ1) is 8.15. The van der Waals surface area contributed by atoms with Crippen molar-refractivity contribution in [3.8, 4) is 0 Å². The largest absolute Gasteiger partial charge is 0.481 e. The van der Waals surface area contributed by atoms with Gasteiger partial charge in [-0.25, -0.2) is 0 Å². The van der Waals surface area contributed by atoms with Crippen molar-refractivity contribution in [2.45, 2.75) is 25.7 Å². The highest BCUT2D eigenvalue weighted by molar-refractivity contribution is 5.87. The second kappa shape index (κ2) is 6.68. The van der Waals surface area contributed by atoms with E-state index in [1.165, 1.54) is 0 Å². The van der Waals surface area contributed by atoms with Crippen LogP contribution in [0.2, 0.25) is 0 Å². The summed E-state index contributed by atoms with van der Waals surface area (Å²) in [5.41, 5.74) is 0.739. The van der Waals surface area contributed by atoms with Crippen molar-refractivity contribution in [1.29, 1.82) is 0 Å². The molecule has 1 rings (SSSR count). The summed E-state index contributed by atoms with van der Waals surface area (Å²) >= 11 is 0. The molecule has 0 unspecified atom stereocenters. The number of carboxylic acid groups (broad SMARTS) is 1. The molecule has 0 aliphatic rings. The van der Waals surface area contributed by atoms with Crippen molar-refractivity contribution in [1.82, 2.24) is 5.32 Å². The van der Waals surface area contributed by atoms with Crippen LogP contribution in [0.25, 0.3) is 0 Å². The van der Waals surface area contributed by atoms with Crippen molar-refractivity contribution in [3.05, 3.63) is 35.9 Å². The van der Waals surface area contributed by atoms with Gasteiger partial charge in [-0.15, -0.1) is 0 Å². The maximum absolute atomic E-state index is 11.9. The van der Waals surface area contributed by atoms with Gasteiger partial charge in [0.05, 0.1) is 12.3 Å². The van der Waals surface area contributed by atoms with Crippen LogP contribution in [0.4, 0.5) is 0 Å². The number of hydrogen-bond donors (Lipinski definition) is 2. The van der Waals surface area contributed by atoms with Gasteiger partial charge in [-0.2, -0.15) is 0 Å². The fourth-order valence-electron chi connectivity index (χ4n) is 1.59. The van der Waals surface area contributed by atoms with E-state index < -0.39 is 11.9 Å². The molecule has 0 heterocycles. The zero-order chi connectivity index (χ0) is 12.7. The van der Waals surface area contributed by atoms with Crippen LogP contribution in [0.15, 0.2) is 30.3 Å². The predicted molar refractivity (Wildman–Crippen MR) is 64.7 cm³/mol. The third-order valence-electron chi connectivity index (χ3n) is 2.45. The SMILES string of the molecule is CCCNC(=O)[C@@H](CC(=O)O)c1ccccc1. The van der Waals surface area contributed by atoms with Gasteiger partial charge in [-0.1, -0.05) is 37.3 Å². The van der Waals surface area contributed by atoms with Crippen LogP contribution in [0.3, 0.4) is 0 Å². The molecule has 0 aliphatic carbocycles. The second-order valence-electron chi connectivity index (χ2n) is 3.85. The van der Waals surface area contributed by atoms with Gasteiger partial charge in [0.15, 0.2) is 0 Å². The Morgan fingerprint density at radius 3 is 2.47 bits per heavy atom. The smallest absolute Gasteiger partial charge is 0.304 e. The van der Waals surface area contributed by atoms with Crippen LogP contribution in [0.5, 0.6) is 0 Å². The number of hydrogen-bond acceptors (Lipinski definition) is 2. The lowest BCUT2D eigenvalue weighted by atomic mass is 9.95. The summed E-state index contributed by atoms with van der Waals surface area (Å²) < 4.78 is 0. The molecule has 4 nitrogen and oxygen atoms in total. The number of nitrogens with one attached hydrogen (secondary N) is 1. The quantitative estimate of drug-likeness (QED) is 0.789. The van der Waals surface area contributed by atoms with Gasteiger partial charge < -0.3 is 10.4 Å². The number of carbonyl (C=O) groups is 2. The van der Waals surface area contributed by atoms with Crippen LogP contribution in [-0.4, -0.2) is 23.5 Å². The molecule has 17 heavy (non-hydrogen) atoms. The third kappa shape index (κ3) is 4.26. The molecule has 0 aromatic heterocycles. The fourth-order valence-corrected chi connectivity index (χ4v) is 1.59. The van der Waals surface area contributed by atoms with Crippen molar-refractivity contribution in [2.24, 2.45) is 0 Å². The topological polar surface area (TPSA) is 66.4 Å². The Balaban J connectivity index is 2.80. The Morgan fingerprint density at radius 1 is 1.29 bits per heavy atom. The Morgan fingerprint density at radius 2 is 1.94 bits per heavy atom. The van der Waals surface area contributed by atoms with Crippen LogP contribution >= 0.6 is 0 Å². The number of aliphatic carboxylic acids is 1.